The van der Waals surface area contributed by atoms with Crippen LogP contribution in [0.25, 0.3) is 5.57 Å². The van der Waals surface area contributed by atoms with Crippen LogP contribution in [-0.4, -0.2) is 64.8 Å². The minimum absolute atomic E-state index is 0.110. The van der Waals surface area contributed by atoms with E-state index in [1.807, 2.05) is 42.9 Å². The highest BCUT2D eigenvalue weighted by Gasteiger charge is 2.40. The third-order valence-electron chi connectivity index (χ3n) is 8.10. The van der Waals surface area contributed by atoms with Crippen molar-refractivity contribution >= 4 is 41.3 Å². The summed E-state index contributed by atoms with van der Waals surface area (Å²) >= 11 is 0. The van der Waals surface area contributed by atoms with Gasteiger partial charge in [-0.1, -0.05) is 6.08 Å². The van der Waals surface area contributed by atoms with Gasteiger partial charge in [0.1, 0.15) is 17.5 Å². The number of carbonyl (C=O) groups is 1. The summed E-state index contributed by atoms with van der Waals surface area (Å²) in [5.74, 6) is 3.07. The van der Waals surface area contributed by atoms with Crippen LogP contribution in [0, 0.1) is 12.8 Å². The lowest BCUT2D eigenvalue weighted by Crippen LogP contribution is -2.35. The summed E-state index contributed by atoms with van der Waals surface area (Å²) < 4.78 is 1.93. The molecule has 0 radical (unpaired) electrons. The molecule has 6 rings (SSSR count). The molecule has 6 heterocycles. The zero-order valence-corrected chi connectivity index (χ0v) is 22.5. The molecule has 9 nitrogen and oxygen atoms in total. The van der Waals surface area contributed by atoms with Crippen molar-refractivity contribution in [1.29, 1.82) is 0 Å². The van der Waals surface area contributed by atoms with Gasteiger partial charge in [-0.05, 0) is 63.7 Å². The minimum atomic E-state index is -0.110. The topological polar surface area (TPSA) is 90.7 Å². The fourth-order valence-corrected chi connectivity index (χ4v) is 6.37. The first-order valence-electron chi connectivity index (χ1n) is 13.2. The smallest absolute Gasteiger partial charge is 0.254 e. The van der Waals surface area contributed by atoms with E-state index >= 15 is 0 Å². The van der Waals surface area contributed by atoms with Gasteiger partial charge in [0, 0.05) is 62.2 Å². The monoisotopic (exact) mass is 510 g/mol. The van der Waals surface area contributed by atoms with E-state index in [4.69, 9.17) is 9.97 Å². The van der Waals surface area contributed by atoms with Gasteiger partial charge in [0.25, 0.3) is 5.91 Å². The lowest BCUT2D eigenvalue weighted by molar-refractivity contribution is 0.0966. The number of aryl methyl sites for hydroxylation is 2. The number of hydrogen-bond acceptors (Lipinski definition) is 7. The summed E-state index contributed by atoms with van der Waals surface area (Å²) in [6.45, 7) is 11.5. The van der Waals surface area contributed by atoms with Crippen LogP contribution in [-0.2, 0) is 13.6 Å². The molecule has 0 aliphatic carbocycles. The second-order valence-electron chi connectivity index (χ2n) is 10.6. The van der Waals surface area contributed by atoms with Gasteiger partial charge in [-0.2, -0.15) is 0 Å². The first-order valence-corrected chi connectivity index (χ1v) is 13.2. The van der Waals surface area contributed by atoms with E-state index in [1.165, 1.54) is 6.42 Å². The van der Waals surface area contributed by atoms with Crippen LogP contribution >= 0.6 is 0 Å². The van der Waals surface area contributed by atoms with Crippen molar-refractivity contribution < 1.29 is 4.79 Å². The average molecular weight is 511 g/mol. The minimum Gasteiger partial charge on any atom is -0.352 e. The molecule has 3 aromatic rings. The Hall–Kier alpha value is -3.98. The molecule has 0 saturated carbocycles. The van der Waals surface area contributed by atoms with Crippen LogP contribution in [0.3, 0.4) is 0 Å². The van der Waals surface area contributed by atoms with Crippen molar-refractivity contribution in [3.63, 3.8) is 0 Å². The van der Waals surface area contributed by atoms with E-state index in [-0.39, 0.29) is 5.91 Å². The Morgan fingerprint density at radius 1 is 1.29 bits per heavy atom. The quantitative estimate of drug-likeness (QED) is 0.487. The number of nitrogens with zero attached hydrogens (tertiary/aromatic N) is 6. The third-order valence-corrected chi connectivity index (χ3v) is 8.10. The van der Waals surface area contributed by atoms with Crippen LogP contribution in [0.15, 0.2) is 41.7 Å². The molecule has 1 amide bonds. The van der Waals surface area contributed by atoms with Gasteiger partial charge in [0.2, 0.25) is 0 Å². The zero-order valence-electron chi connectivity index (χ0n) is 22.5. The van der Waals surface area contributed by atoms with Gasteiger partial charge in [-0.3, -0.25) is 9.78 Å². The maximum absolute atomic E-state index is 13.0. The van der Waals surface area contributed by atoms with E-state index in [2.05, 4.69) is 52.2 Å². The molecule has 3 aromatic heterocycles. The third kappa shape index (κ3) is 3.98. The number of hydrogen-bond donors (Lipinski definition) is 2. The van der Waals surface area contributed by atoms with E-state index in [0.29, 0.717) is 29.8 Å². The number of nitrogens with one attached hydrogen (secondary N) is 2. The van der Waals surface area contributed by atoms with E-state index in [1.54, 1.807) is 6.20 Å². The van der Waals surface area contributed by atoms with Crippen molar-refractivity contribution in [2.24, 2.45) is 18.0 Å². The number of allylic oxidation sites excluding steroid dienone is 1. The largest absolute Gasteiger partial charge is 0.352 e. The summed E-state index contributed by atoms with van der Waals surface area (Å²) in [6, 6.07) is 6.69. The molecule has 196 valence electrons. The second kappa shape index (κ2) is 9.40. The number of carbonyl (C=O) groups excluding carboxylic acids is 1. The Morgan fingerprint density at radius 2 is 2.13 bits per heavy atom. The van der Waals surface area contributed by atoms with Crippen molar-refractivity contribution in [1.82, 2.24) is 24.8 Å². The van der Waals surface area contributed by atoms with Gasteiger partial charge in [0.15, 0.2) is 0 Å². The summed E-state index contributed by atoms with van der Waals surface area (Å²) in [5, 5.41) is 6.43. The highest BCUT2D eigenvalue weighted by molar-refractivity contribution is 6.05. The lowest BCUT2D eigenvalue weighted by atomic mass is 9.97. The summed E-state index contributed by atoms with van der Waals surface area (Å²) in [5.41, 5.74) is 5.91. The predicted octanol–water partition coefficient (Wildman–Crippen LogP) is 4.03. The van der Waals surface area contributed by atoms with Gasteiger partial charge in [0.05, 0.1) is 23.1 Å². The molecule has 2 N–H and O–H groups in total. The molecule has 3 aliphatic heterocycles. The summed E-state index contributed by atoms with van der Waals surface area (Å²) in [6.07, 6.45) is 6.91. The molecule has 3 aliphatic rings. The number of likely N-dealkylation sites (N-methyl/N-ethyl adjacent to an activating group) is 1. The first kappa shape index (κ1) is 24.4. The molecular weight excluding hydrogens is 476 g/mol. The number of aromatic nitrogens is 3. The number of fused-ring (bicyclic) bond motifs is 2. The summed E-state index contributed by atoms with van der Waals surface area (Å²) in [7, 11) is 4.13. The average Bonchev–Trinajstić information content (AvgIpc) is 3.64. The molecule has 2 saturated heterocycles. The van der Waals surface area contributed by atoms with Gasteiger partial charge in [-0.15, -0.1) is 0 Å². The second-order valence-corrected chi connectivity index (χ2v) is 10.6. The Labute approximate surface area is 223 Å². The van der Waals surface area contributed by atoms with E-state index in [0.717, 1.165) is 65.0 Å². The molecule has 9 heteroatoms. The van der Waals surface area contributed by atoms with Crippen LogP contribution in [0.4, 0.5) is 23.1 Å². The molecule has 38 heavy (non-hydrogen) atoms. The maximum atomic E-state index is 13.0. The van der Waals surface area contributed by atoms with Gasteiger partial charge in [-0.25, -0.2) is 9.98 Å². The Bertz CT molecular complexity index is 1470. The molecule has 0 aromatic carbocycles. The standard InChI is InChI=1S/C29H34N8O/c1-6-19(20-8-9-36(5)28(20)30-3)27-21-13-32-29(38)26(21)22(14-31-27)33-24-11-17(2)12-25(34-24)37-10-7-18-15-35(4)16-23(18)37/h6,8-9,11-12,14,18,23H,3,7,10,13,15-16H2,1-2,4-5H3,(H,32,38)(H,33,34)/b19-6+/t18-,23+/m1/s1. The predicted molar refractivity (Wildman–Crippen MR) is 152 cm³/mol. The molecule has 2 atom stereocenters. The molecule has 2 fully saturated rings. The SMILES string of the molecule is C=Nc1c(/C(=C\C)c2ncc(Nc3cc(C)cc(N4CC[C@@H]5CN(C)C[C@@H]54)n3)c3c2CNC3=O)ccn1C. The number of likely N-dealkylation sites (tertiary alicyclic amines) is 1. The highest BCUT2D eigenvalue weighted by atomic mass is 16.1. The van der Waals surface area contributed by atoms with Crippen LogP contribution in [0.5, 0.6) is 0 Å². The van der Waals surface area contributed by atoms with Crippen LogP contribution in [0.1, 0.15) is 46.1 Å². The van der Waals surface area contributed by atoms with E-state index < -0.39 is 0 Å². The van der Waals surface area contributed by atoms with E-state index in [9.17, 15) is 4.79 Å². The lowest BCUT2D eigenvalue weighted by Gasteiger charge is -2.26. The van der Waals surface area contributed by atoms with Crippen molar-refractivity contribution in [3.8, 4) is 0 Å². The van der Waals surface area contributed by atoms with Crippen molar-refractivity contribution in [2.45, 2.75) is 32.9 Å². The normalized spacial score (nSPS) is 21.0. The number of aliphatic imine (C=N–C) groups is 1. The first-order chi connectivity index (χ1) is 18.4. The van der Waals surface area contributed by atoms with Gasteiger partial charge >= 0.3 is 0 Å². The molecular formula is C29H34N8O. The van der Waals surface area contributed by atoms with Crippen LogP contribution < -0.4 is 15.5 Å². The fraction of sp³-hybridized carbons (Fsp3) is 0.379. The molecule has 0 unspecified atom stereocenters. The molecule has 0 bridgehead atoms. The molecule has 0 spiro atoms. The highest BCUT2D eigenvalue weighted by Crippen LogP contribution is 2.38. The maximum Gasteiger partial charge on any atom is 0.254 e. The Kier molecular flexibility index (Phi) is 6.03. The van der Waals surface area contributed by atoms with Crippen molar-refractivity contribution in [3.05, 3.63) is 64.6 Å². The summed E-state index contributed by atoms with van der Waals surface area (Å²) in [4.78, 5) is 32.0. The van der Waals surface area contributed by atoms with Crippen LogP contribution in [0.2, 0.25) is 0 Å². The number of amides is 1. The number of pyridine rings is 2. The Morgan fingerprint density at radius 3 is 2.92 bits per heavy atom. The zero-order chi connectivity index (χ0) is 26.6. The van der Waals surface area contributed by atoms with Crippen molar-refractivity contribution in [2.75, 3.05) is 36.9 Å². The number of rotatable bonds is 6. The Balaban J connectivity index is 1.35. The number of anilines is 3. The fourth-order valence-electron chi connectivity index (χ4n) is 6.37. The van der Waals surface area contributed by atoms with Gasteiger partial charge < -0.3 is 25.0 Å².